The van der Waals surface area contributed by atoms with Gasteiger partial charge in [0.25, 0.3) is 0 Å². The molecule has 0 saturated heterocycles. The van der Waals surface area contributed by atoms with Gasteiger partial charge in [-0.05, 0) is 52.2 Å². The molecule has 0 unspecified atom stereocenters. The van der Waals surface area contributed by atoms with E-state index in [4.69, 9.17) is 5.73 Å². The Hall–Kier alpha value is -1.23. The van der Waals surface area contributed by atoms with E-state index in [1.54, 1.807) is 12.1 Å². The van der Waals surface area contributed by atoms with Crippen molar-refractivity contribution in [1.82, 2.24) is 4.90 Å². The molecule has 2 nitrogen and oxygen atoms in total. The van der Waals surface area contributed by atoms with Crippen molar-refractivity contribution >= 4 is 15.9 Å². The molecule has 0 aliphatic heterocycles. The Balaban J connectivity index is 2.06. The van der Waals surface area contributed by atoms with Gasteiger partial charge in [0.2, 0.25) is 0 Å². The third-order valence-corrected chi connectivity index (χ3v) is 3.96. The Bertz CT molecular complexity index is 560. The van der Waals surface area contributed by atoms with Crippen molar-refractivity contribution < 1.29 is 4.39 Å². The van der Waals surface area contributed by atoms with Crippen molar-refractivity contribution in [2.75, 3.05) is 13.1 Å². The number of benzene rings is 2. The van der Waals surface area contributed by atoms with E-state index in [1.165, 1.54) is 5.56 Å². The van der Waals surface area contributed by atoms with Crippen molar-refractivity contribution in [2.45, 2.75) is 19.5 Å². The van der Waals surface area contributed by atoms with Gasteiger partial charge in [-0.2, -0.15) is 0 Å². The number of nitrogens with two attached hydrogens (primary N) is 1. The second kappa shape index (κ2) is 8.27. The molecule has 0 atom stereocenters. The predicted octanol–water partition coefficient (Wildman–Crippen LogP) is 3.94. The summed E-state index contributed by atoms with van der Waals surface area (Å²) in [5.74, 6) is -0.217. The molecule has 0 fully saturated rings. The van der Waals surface area contributed by atoms with Crippen LogP contribution in [0, 0.1) is 5.82 Å². The summed E-state index contributed by atoms with van der Waals surface area (Å²) < 4.78 is 14.1. The van der Waals surface area contributed by atoms with E-state index in [9.17, 15) is 4.39 Å². The van der Waals surface area contributed by atoms with Crippen LogP contribution < -0.4 is 5.73 Å². The van der Waals surface area contributed by atoms with Crippen molar-refractivity contribution in [2.24, 2.45) is 5.73 Å². The third-order valence-electron chi connectivity index (χ3n) is 3.32. The van der Waals surface area contributed by atoms with Crippen LogP contribution >= 0.6 is 15.9 Å². The minimum Gasteiger partial charge on any atom is -0.330 e. The van der Waals surface area contributed by atoms with E-state index < -0.39 is 0 Å². The zero-order chi connectivity index (χ0) is 15.1. The Morgan fingerprint density at radius 3 is 2.38 bits per heavy atom. The van der Waals surface area contributed by atoms with Crippen molar-refractivity contribution in [1.29, 1.82) is 0 Å². The van der Waals surface area contributed by atoms with E-state index in [0.717, 1.165) is 31.6 Å². The minimum atomic E-state index is -0.217. The van der Waals surface area contributed by atoms with Crippen molar-refractivity contribution in [3.05, 3.63) is 69.9 Å². The lowest BCUT2D eigenvalue weighted by atomic mass is 10.1. The molecule has 2 aromatic carbocycles. The van der Waals surface area contributed by atoms with Crippen LogP contribution in [0.1, 0.15) is 17.5 Å². The van der Waals surface area contributed by atoms with E-state index in [1.807, 2.05) is 24.3 Å². The molecule has 0 radical (unpaired) electrons. The summed E-state index contributed by atoms with van der Waals surface area (Å²) in [6.45, 7) is 3.14. The lowest BCUT2D eigenvalue weighted by Gasteiger charge is -2.22. The summed E-state index contributed by atoms with van der Waals surface area (Å²) >= 11 is 3.19. The molecule has 4 heteroatoms. The van der Waals surface area contributed by atoms with Crippen LogP contribution in [-0.4, -0.2) is 18.0 Å². The van der Waals surface area contributed by atoms with Crippen molar-refractivity contribution in [3.8, 4) is 0 Å². The molecule has 0 spiro atoms. The highest BCUT2D eigenvalue weighted by Gasteiger charge is 2.08. The topological polar surface area (TPSA) is 29.3 Å². The average Bonchev–Trinajstić information content (AvgIpc) is 2.49. The summed E-state index contributed by atoms with van der Waals surface area (Å²) in [4.78, 5) is 2.30. The molecule has 0 aliphatic rings. The smallest absolute Gasteiger partial charge is 0.137 e. The van der Waals surface area contributed by atoms with Gasteiger partial charge in [0, 0.05) is 19.6 Å². The van der Waals surface area contributed by atoms with Gasteiger partial charge >= 0.3 is 0 Å². The van der Waals surface area contributed by atoms with E-state index in [-0.39, 0.29) is 5.82 Å². The van der Waals surface area contributed by atoms with E-state index in [2.05, 4.69) is 33.0 Å². The van der Waals surface area contributed by atoms with Crippen LogP contribution in [0.3, 0.4) is 0 Å². The summed E-state index contributed by atoms with van der Waals surface area (Å²) in [6, 6.07) is 15.6. The van der Waals surface area contributed by atoms with Gasteiger partial charge in [-0.1, -0.05) is 36.4 Å². The van der Waals surface area contributed by atoms with Crippen LogP contribution in [0.5, 0.6) is 0 Å². The number of nitrogens with zero attached hydrogens (tertiary/aromatic N) is 1. The highest BCUT2D eigenvalue weighted by atomic mass is 79.9. The Kier molecular flexibility index (Phi) is 6.36. The van der Waals surface area contributed by atoms with Gasteiger partial charge in [0.05, 0.1) is 4.47 Å². The lowest BCUT2D eigenvalue weighted by molar-refractivity contribution is 0.254. The average molecular weight is 351 g/mol. The van der Waals surface area contributed by atoms with Crippen LogP contribution in [0.2, 0.25) is 0 Å². The molecule has 2 aromatic rings. The molecule has 0 aromatic heterocycles. The van der Waals surface area contributed by atoms with E-state index >= 15 is 0 Å². The Labute approximate surface area is 133 Å². The fourth-order valence-electron chi connectivity index (χ4n) is 2.27. The fraction of sp³-hybridized carbons (Fsp3) is 0.294. The highest BCUT2D eigenvalue weighted by molar-refractivity contribution is 9.10. The van der Waals surface area contributed by atoms with Gasteiger partial charge in [0.15, 0.2) is 0 Å². The largest absolute Gasteiger partial charge is 0.330 e. The number of hydrogen-bond acceptors (Lipinski definition) is 2. The second-order valence-electron chi connectivity index (χ2n) is 5.09. The first kappa shape index (κ1) is 16.1. The number of hydrogen-bond donors (Lipinski definition) is 1. The first-order chi connectivity index (χ1) is 10.2. The molecule has 0 bridgehead atoms. The second-order valence-corrected chi connectivity index (χ2v) is 5.94. The molecule has 2 N–H and O–H groups in total. The minimum absolute atomic E-state index is 0.217. The number of rotatable bonds is 7. The van der Waals surface area contributed by atoms with Gasteiger partial charge in [-0.3, -0.25) is 4.90 Å². The fourth-order valence-corrected chi connectivity index (χ4v) is 2.51. The highest BCUT2D eigenvalue weighted by Crippen LogP contribution is 2.18. The SMILES string of the molecule is NCCCN(Cc1ccccc1)Cc1ccc(Br)c(F)c1. The summed E-state index contributed by atoms with van der Waals surface area (Å²) in [5.41, 5.74) is 7.85. The van der Waals surface area contributed by atoms with E-state index in [0.29, 0.717) is 11.0 Å². The molecule has 0 heterocycles. The summed E-state index contributed by atoms with van der Waals surface area (Å²) in [7, 11) is 0. The van der Waals surface area contributed by atoms with Crippen LogP contribution in [0.15, 0.2) is 53.0 Å². The summed E-state index contributed by atoms with van der Waals surface area (Å²) in [6.07, 6.45) is 0.936. The normalized spacial score (nSPS) is 11.0. The quantitative estimate of drug-likeness (QED) is 0.819. The monoisotopic (exact) mass is 350 g/mol. The first-order valence-corrected chi connectivity index (χ1v) is 7.88. The van der Waals surface area contributed by atoms with Crippen molar-refractivity contribution in [3.63, 3.8) is 0 Å². The van der Waals surface area contributed by atoms with Crippen LogP contribution in [0.25, 0.3) is 0 Å². The maximum atomic E-state index is 13.6. The first-order valence-electron chi connectivity index (χ1n) is 7.09. The molecule has 0 saturated carbocycles. The summed E-state index contributed by atoms with van der Waals surface area (Å²) in [5, 5.41) is 0. The van der Waals surface area contributed by atoms with Gasteiger partial charge < -0.3 is 5.73 Å². The van der Waals surface area contributed by atoms with Gasteiger partial charge in [-0.25, -0.2) is 4.39 Å². The van der Waals surface area contributed by atoms with Crippen LogP contribution in [-0.2, 0) is 13.1 Å². The third kappa shape index (κ3) is 5.23. The lowest BCUT2D eigenvalue weighted by Crippen LogP contribution is -2.25. The van der Waals surface area contributed by atoms with Gasteiger partial charge in [-0.15, -0.1) is 0 Å². The molecule has 0 amide bonds. The maximum absolute atomic E-state index is 13.6. The van der Waals surface area contributed by atoms with Crippen LogP contribution in [0.4, 0.5) is 4.39 Å². The maximum Gasteiger partial charge on any atom is 0.137 e. The molecular weight excluding hydrogens is 331 g/mol. The Morgan fingerprint density at radius 2 is 1.71 bits per heavy atom. The number of halogens is 2. The standard InChI is InChI=1S/C17H20BrFN2/c18-16-8-7-15(11-17(16)19)13-21(10-4-9-20)12-14-5-2-1-3-6-14/h1-3,5-8,11H,4,9-10,12-13,20H2. The Morgan fingerprint density at radius 1 is 1.00 bits per heavy atom. The molecular formula is C17H20BrFN2. The predicted molar refractivity (Wildman–Crippen MR) is 88.3 cm³/mol. The van der Waals surface area contributed by atoms with Gasteiger partial charge in [0.1, 0.15) is 5.82 Å². The molecule has 21 heavy (non-hydrogen) atoms. The zero-order valence-corrected chi connectivity index (χ0v) is 13.5. The molecule has 0 aliphatic carbocycles. The molecule has 2 rings (SSSR count). The zero-order valence-electron chi connectivity index (χ0n) is 11.9. The molecule has 112 valence electrons.